The van der Waals surface area contributed by atoms with Gasteiger partial charge in [0, 0.05) is 8.95 Å². The van der Waals surface area contributed by atoms with Crippen molar-refractivity contribution in [3.63, 3.8) is 0 Å². The van der Waals surface area contributed by atoms with E-state index in [1.54, 1.807) is 22.3 Å². The minimum absolute atomic E-state index is 1.20. The molecule has 0 aliphatic carbocycles. The van der Waals surface area contributed by atoms with Gasteiger partial charge >= 0.3 is 0 Å². The van der Waals surface area contributed by atoms with E-state index in [0.29, 0.717) is 0 Å². The second-order valence-electron chi connectivity index (χ2n) is 14.6. The van der Waals surface area contributed by atoms with Crippen molar-refractivity contribution in [1.29, 1.82) is 0 Å². The first-order valence-corrected chi connectivity index (χ1v) is 21.3. The lowest BCUT2D eigenvalue weighted by atomic mass is 9.90. The molecule has 258 valence electrons. The Hall–Kier alpha value is -1.90. The molecule has 0 N–H and O–H groups in total. The van der Waals surface area contributed by atoms with E-state index >= 15 is 0 Å². The molecule has 0 aromatic heterocycles. The van der Waals surface area contributed by atoms with E-state index in [1.807, 2.05) is 0 Å². The molecule has 0 fully saturated rings. The van der Waals surface area contributed by atoms with Gasteiger partial charge in [-0.05, 0) is 173 Å². The number of aryl methyl sites for hydroxylation is 4. The van der Waals surface area contributed by atoms with E-state index < -0.39 is 0 Å². The third-order valence-corrected chi connectivity index (χ3v) is 12.4. The minimum atomic E-state index is 1.20. The molecule has 0 spiro atoms. The Morgan fingerprint density at radius 2 is 0.542 bits per heavy atom. The standard InChI is InChI=1S/C46H60Br2/c1-5-9-13-17-21-33-25-37-29-41-42(30-38(37)26-34(33)22-18-14-10-6-2)46(48)44-32-40-28-36(24-20-16-12-8-4)35(23-19-15-11-7-3)27-39(40)31-43(44)45(41)47/h25-32H,5-24H2,1-4H3. The molecule has 0 aliphatic rings. The summed E-state index contributed by atoms with van der Waals surface area (Å²) in [5.41, 5.74) is 6.31. The zero-order valence-electron chi connectivity index (χ0n) is 30.5. The second kappa shape index (κ2) is 18.9. The summed E-state index contributed by atoms with van der Waals surface area (Å²) in [6.07, 6.45) is 25.9. The summed E-state index contributed by atoms with van der Waals surface area (Å²) in [6.45, 7) is 9.23. The Morgan fingerprint density at radius 1 is 0.312 bits per heavy atom. The number of rotatable bonds is 20. The molecule has 48 heavy (non-hydrogen) atoms. The minimum Gasteiger partial charge on any atom is -0.0654 e. The predicted octanol–water partition coefficient (Wildman–Crippen LogP) is 16.3. The van der Waals surface area contributed by atoms with Crippen LogP contribution in [0.4, 0.5) is 0 Å². The van der Waals surface area contributed by atoms with Gasteiger partial charge in [-0.3, -0.25) is 0 Å². The number of benzene rings is 5. The molecule has 0 saturated carbocycles. The van der Waals surface area contributed by atoms with Crippen molar-refractivity contribution in [3.05, 3.63) is 79.7 Å². The van der Waals surface area contributed by atoms with Crippen LogP contribution in [0.15, 0.2) is 57.5 Å². The first-order chi connectivity index (χ1) is 23.5. The number of hydrogen-bond acceptors (Lipinski definition) is 0. The summed E-state index contributed by atoms with van der Waals surface area (Å²) in [4.78, 5) is 0. The summed E-state index contributed by atoms with van der Waals surface area (Å²) in [5.74, 6) is 0. The zero-order valence-corrected chi connectivity index (χ0v) is 33.7. The van der Waals surface area contributed by atoms with Gasteiger partial charge in [-0.25, -0.2) is 0 Å². The highest BCUT2D eigenvalue weighted by atomic mass is 79.9. The largest absolute Gasteiger partial charge is 0.0654 e. The van der Waals surface area contributed by atoms with Crippen LogP contribution in [0.2, 0.25) is 0 Å². The maximum absolute atomic E-state index is 4.15. The number of fused-ring (bicyclic) bond motifs is 4. The van der Waals surface area contributed by atoms with Gasteiger partial charge < -0.3 is 0 Å². The van der Waals surface area contributed by atoms with Gasteiger partial charge in [-0.15, -0.1) is 0 Å². The van der Waals surface area contributed by atoms with Gasteiger partial charge in [0.05, 0.1) is 0 Å². The van der Waals surface area contributed by atoms with Gasteiger partial charge in [-0.2, -0.15) is 0 Å². The number of halogens is 2. The Labute approximate surface area is 309 Å². The lowest BCUT2D eigenvalue weighted by Gasteiger charge is -2.17. The molecule has 0 atom stereocenters. The molecule has 0 nitrogen and oxygen atoms in total. The highest BCUT2D eigenvalue weighted by molar-refractivity contribution is 9.11. The predicted molar refractivity (Wildman–Crippen MR) is 223 cm³/mol. The van der Waals surface area contributed by atoms with Crippen molar-refractivity contribution in [3.8, 4) is 0 Å². The van der Waals surface area contributed by atoms with Crippen LogP contribution in [-0.4, -0.2) is 0 Å². The molecular formula is C46H60Br2. The van der Waals surface area contributed by atoms with Gasteiger partial charge in [0.15, 0.2) is 0 Å². The quantitative estimate of drug-likeness (QED) is 0.0546. The number of unbranched alkanes of at least 4 members (excludes halogenated alkanes) is 12. The van der Waals surface area contributed by atoms with E-state index in [-0.39, 0.29) is 0 Å². The van der Waals surface area contributed by atoms with Crippen LogP contribution in [0.5, 0.6) is 0 Å². The third kappa shape index (κ3) is 9.25. The molecule has 0 unspecified atom stereocenters. The van der Waals surface area contributed by atoms with Crippen LogP contribution in [-0.2, 0) is 25.7 Å². The molecule has 0 aliphatic heterocycles. The SMILES string of the molecule is CCCCCCc1cc2cc3c(Br)c4cc5cc(CCCCCC)c(CCCCCC)cc5cc4c(Br)c3cc2cc1CCCCCC. The Balaban J connectivity index is 1.59. The van der Waals surface area contributed by atoms with E-state index in [4.69, 9.17) is 0 Å². The molecule has 0 saturated heterocycles. The molecule has 5 aromatic carbocycles. The third-order valence-electron chi connectivity index (χ3n) is 10.7. The van der Waals surface area contributed by atoms with Crippen molar-refractivity contribution in [2.45, 2.75) is 156 Å². The van der Waals surface area contributed by atoms with Gasteiger partial charge in [0.1, 0.15) is 0 Å². The summed E-state index contributed by atoms with van der Waals surface area (Å²) in [7, 11) is 0. The number of hydrogen-bond donors (Lipinski definition) is 0. The van der Waals surface area contributed by atoms with Crippen LogP contribution >= 0.6 is 31.9 Å². The normalized spacial score (nSPS) is 12.0. The van der Waals surface area contributed by atoms with Crippen molar-refractivity contribution in [2.75, 3.05) is 0 Å². The van der Waals surface area contributed by atoms with Gasteiger partial charge in [-0.1, -0.05) is 129 Å². The lowest BCUT2D eigenvalue weighted by molar-refractivity contribution is 0.651. The molecule has 0 amide bonds. The average molecular weight is 773 g/mol. The Bertz CT molecular complexity index is 1540. The first-order valence-electron chi connectivity index (χ1n) is 19.7. The van der Waals surface area contributed by atoms with E-state index in [0.717, 1.165) is 0 Å². The summed E-state index contributed by atoms with van der Waals surface area (Å²) in [6, 6.07) is 20.0. The van der Waals surface area contributed by atoms with Crippen LogP contribution in [0.1, 0.15) is 153 Å². The van der Waals surface area contributed by atoms with E-state index in [2.05, 4.69) is 108 Å². The molecule has 0 bridgehead atoms. The second-order valence-corrected chi connectivity index (χ2v) is 16.2. The summed E-state index contributed by atoms with van der Waals surface area (Å²) in [5, 5.41) is 10.7. The fourth-order valence-corrected chi connectivity index (χ4v) is 9.12. The van der Waals surface area contributed by atoms with Gasteiger partial charge in [0.2, 0.25) is 0 Å². The van der Waals surface area contributed by atoms with Crippen molar-refractivity contribution in [2.24, 2.45) is 0 Å². The highest BCUT2D eigenvalue weighted by Gasteiger charge is 2.16. The highest BCUT2D eigenvalue weighted by Crippen LogP contribution is 2.43. The average Bonchev–Trinajstić information content (AvgIpc) is 3.10. The maximum atomic E-state index is 4.15. The fraction of sp³-hybridized carbons (Fsp3) is 0.522. The maximum Gasteiger partial charge on any atom is 0.0333 e. The summed E-state index contributed by atoms with van der Waals surface area (Å²) >= 11 is 8.30. The lowest BCUT2D eigenvalue weighted by Crippen LogP contribution is -1.97. The van der Waals surface area contributed by atoms with Crippen molar-refractivity contribution < 1.29 is 0 Å². The van der Waals surface area contributed by atoms with E-state index in [1.165, 1.54) is 180 Å². The molecule has 5 aromatic rings. The van der Waals surface area contributed by atoms with Crippen LogP contribution in [0, 0.1) is 0 Å². The van der Waals surface area contributed by atoms with Gasteiger partial charge in [0.25, 0.3) is 0 Å². The smallest absolute Gasteiger partial charge is 0.0333 e. The monoisotopic (exact) mass is 770 g/mol. The molecular weight excluding hydrogens is 712 g/mol. The molecule has 0 heterocycles. The zero-order chi connectivity index (χ0) is 33.9. The topological polar surface area (TPSA) is 0 Å². The molecule has 2 heteroatoms. The summed E-state index contributed by atoms with van der Waals surface area (Å²) < 4.78 is 2.45. The fourth-order valence-electron chi connectivity index (χ4n) is 7.80. The Morgan fingerprint density at radius 3 is 0.750 bits per heavy atom. The molecule has 0 radical (unpaired) electrons. The van der Waals surface area contributed by atoms with Crippen molar-refractivity contribution >= 4 is 74.9 Å². The first kappa shape index (κ1) is 37.4. The van der Waals surface area contributed by atoms with E-state index in [9.17, 15) is 0 Å². The van der Waals surface area contributed by atoms with Crippen LogP contribution < -0.4 is 0 Å². The van der Waals surface area contributed by atoms with Crippen LogP contribution in [0.25, 0.3) is 43.1 Å². The molecule has 5 rings (SSSR count). The van der Waals surface area contributed by atoms with Crippen molar-refractivity contribution in [1.82, 2.24) is 0 Å². The van der Waals surface area contributed by atoms with Crippen LogP contribution in [0.3, 0.4) is 0 Å². The Kier molecular flexibility index (Phi) is 14.7.